The van der Waals surface area contributed by atoms with Crippen LogP contribution in [0.25, 0.3) is 0 Å². The maximum absolute atomic E-state index is 5.74. The smallest absolute Gasteiger partial charge is 0.156 e. The van der Waals surface area contributed by atoms with Gasteiger partial charge >= 0.3 is 0 Å². The van der Waals surface area contributed by atoms with Gasteiger partial charge in [-0.25, -0.2) is 10.5 Å². The lowest BCUT2D eigenvalue weighted by Crippen LogP contribution is -2.34. The third-order valence-electron chi connectivity index (χ3n) is 4.86. The Morgan fingerprint density at radius 3 is 2.69 bits per heavy atom. The highest BCUT2D eigenvalue weighted by molar-refractivity contribution is 7.99. The van der Waals surface area contributed by atoms with Crippen molar-refractivity contribution in [1.29, 1.82) is 0 Å². The Kier molecular flexibility index (Phi) is 5.67. The molecule has 0 aromatic carbocycles. The van der Waals surface area contributed by atoms with Crippen LogP contribution >= 0.6 is 23.1 Å². The summed E-state index contributed by atoms with van der Waals surface area (Å²) in [5, 5.41) is 10.4. The molecular weight excluding hydrogens is 402 g/mol. The van der Waals surface area contributed by atoms with Crippen LogP contribution in [0, 0.1) is 34.6 Å². The van der Waals surface area contributed by atoms with Crippen LogP contribution in [-0.2, 0) is 4.84 Å². The van der Waals surface area contributed by atoms with Gasteiger partial charge in [-0.05, 0) is 75.7 Å². The molecule has 0 amide bonds. The molecule has 6 nitrogen and oxygen atoms in total. The second-order valence-corrected chi connectivity index (χ2v) is 9.55. The monoisotopic (exact) mass is 425 g/mol. The molecule has 4 heterocycles. The number of nitrogens with zero attached hydrogens (tertiary/aromatic N) is 4. The first-order valence-electron chi connectivity index (χ1n) is 9.40. The Morgan fingerprint density at radius 1 is 1.14 bits per heavy atom. The fraction of sp³-hybridized carbons (Fsp3) is 0.333. The topological polar surface area (TPSA) is 72.3 Å². The number of pyridine rings is 1. The second kappa shape index (κ2) is 8.22. The lowest BCUT2D eigenvalue weighted by atomic mass is 10.1. The summed E-state index contributed by atoms with van der Waals surface area (Å²) in [4.78, 5) is 17.9. The van der Waals surface area contributed by atoms with E-state index in [2.05, 4.69) is 40.6 Å². The summed E-state index contributed by atoms with van der Waals surface area (Å²) in [7, 11) is 0. The van der Waals surface area contributed by atoms with Gasteiger partial charge in [-0.3, -0.25) is 9.83 Å². The maximum Gasteiger partial charge on any atom is 0.156 e. The van der Waals surface area contributed by atoms with E-state index in [-0.39, 0.29) is 6.04 Å². The molecule has 3 aromatic heterocycles. The highest BCUT2D eigenvalue weighted by Gasteiger charge is 2.25. The average molecular weight is 426 g/mol. The molecule has 150 valence electrons. The summed E-state index contributed by atoms with van der Waals surface area (Å²) < 4.78 is 0. The van der Waals surface area contributed by atoms with E-state index in [9.17, 15) is 0 Å². The SMILES string of the molecule is Cc1cccc(Sc2nnc(C)c(C)c2C2=N[C@@H](c3cc(C)sc3C)CON2)n1. The fourth-order valence-electron chi connectivity index (χ4n) is 3.28. The van der Waals surface area contributed by atoms with E-state index in [4.69, 9.17) is 9.83 Å². The van der Waals surface area contributed by atoms with E-state index in [1.165, 1.54) is 27.1 Å². The van der Waals surface area contributed by atoms with Gasteiger partial charge < -0.3 is 0 Å². The number of amidine groups is 1. The predicted molar refractivity (Wildman–Crippen MR) is 117 cm³/mol. The Balaban J connectivity index is 1.76. The zero-order chi connectivity index (χ0) is 20.5. The van der Waals surface area contributed by atoms with E-state index in [0.717, 1.165) is 32.6 Å². The number of hydrogen-bond donors (Lipinski definition) is 1. The normalized spacial score (nSPS) is 16.4. The molecule has 4 rings (SSSR count). The minimum absolute atomic E-state index is 0.0426. The molecule has 0 fully saturated rings. The van der Waals surface area contributed by atoms with Crippen molar-refractivity contribution in [1.82, 2.24) is 20.7 Å². The number of aryl methyl sites for hydroxylation is 4. The summed E-state index contributed by atoms with van der Waals surface area (Å²) in [5.74, 6) is 0.690. The van der Waals surface area contributed by atoms with Crippen LogP contribution in [0.15, 0.2) is 39.3 Å². The van der Waals surface area contributed by atoms with E-state index in [1.54, 1.807) is 11.3 Å². The first-order chi connectivity index (χ1) is 13.9. The van der Waals surface area contributed by atoms with E-state index < -0.39 is 0 Å². The van der Waals surface area contributed by atoms with E-state index in [1.807, 2.05) is 39.0 Å². The number of rotatable bonds is 4. The zero-order valence-electron chi connectivity index (χ0n) is 17.1. The van der Waals surface area contributed by atoms with Gasteiger partial charge in [0.25, 0.3) is 0 Å². The molecule has 1 aliphatic rings. The van der Waals surface area contributed by atoms with E-state index >= 15 is 0 Å². The van der Waals surface area contributed by atoms with Crippen molar-refractivity contribution < 1.29 is 4.84 Å². The van der Waals surface area contributed by atoms with E-state index in [0.29, 0.717) is 12.4 Å². The molecule has 0 spiro atoms. The molecule has 0 unspecified atom stereocenters. The van der Waals surface area contributed by atoms with Crippen molar-refractivity contribution in [3.05, 3.63) is 62.1 Å². The second-order valence-electron chi connectivity index (χ2n) is 7.08. The molecule has 1 atom stereocenters. The molecule has 0 saturated carbocycles. The van der Waals surface area contributed by atoms with Crippen molar-refractivity contribution in [2.45, 2.75) is 50.7 Å². The fourth-order valence-corrected chi connectivity index (χ4v) is 5.23. The number of hydrogen-bond acceptors (Lipinski definition) is 8. The number of hydroxylamine groups is 1. The quantitative estimate of drug-likeness (QED) is 0.656. The zero-order valence-corrected chi connectivity index (χ0v) is 18.7. The van der Waals surface area contributed by atoms with Gasteiger partial charge in [0, 0.05) is 15.4 Å². The minimum Gasteiger partial charge on any atom is -0.272 e. The molecule has 0 bridgehead atoms. The average Bonchev–Trinajstić information content (AvgIpc) is 3.03. The Hall–Kier alpha value is -2.29. The Labute approximate surface area is 178 Å². The van der Waals surface area contributed by atoms with Crippen LogP contribution in [0.3, 0.4) is 0 Å². The van der Waals surface area contributed by atoms with Crippen LogP contribution in [0.5, 0.6) is 0 Å². The number of thiophene rings is 1. The molecule has 3 aromatic rings. The van der Waals surface area contributed by atoms with Crippen LogP contribution in [-0.4, -0.2) is 27.6 Å². The summed E-state index contributed by atoms with van der Waals surface area (Å²) in [6, 6.07) is 8.11. The minimum atomic E-state index is -0.0426. The van der Waals surface area contributed by atoms with Crippen molar-refractivity contribution in [3.63, 3.8) is 0 Å². The lowest BCUT2D eigenvalue weighted by Gasteiger charge is -2.24. The molecule has 29 heavy (non-hydrogen) atoms. The highest BCUT2D eigenvalue weighted by Crippen LogP contribution is 2.33. The first kappa shape index (κ1) is 20.0. The van der Waals surface area contributed by atoms with Gasteiger partial charge in [-0.1, -0.05) is 6.07 Å². The standard InChI is InChI=1S/C21H23N5OS2/c1-11-7-6-8-18(22-11)29-21-19(13(3)14(4)24-25-21)20-23-17(10-27-26-20)16-9-12(2)28-15(16)5/h6-9,17H,10H2,1-5H3,(H,23,26)/t17-/m1/s1. The summed E-state index contributed by atoms with van der Waals surface area (Å²) in [5.41, 5.74) is 8.02. The largest absolute Gasteiger partial charge is 0.272 e. The molecule has 1 N–H and O–H groups in total. The van der Waals surface area contributed by atoms with Crippen molar-refractivity contribution in [2.24, 2.45) is 4.99 Å². The Morgan fingerprint density at radius 2 is 1.97 bits per heavy atom. The van der Waals surface area contributed by atoms with Crippen molar-refractivity contribution >= 4 is 28.9 Å². The molecule has 8 heteroatoms. The van der Waals surface area contributed by atoms with Crippen LogP contribution in [0.2, 0.25) is 0 Å². The maximum atomic E-state index is 5.74. The highest BCUT2D eigenvalue weighted by atomic mass is 32.2. The first-order valence-corrected chi connectivity index (χ1v) is 11.0. The van der Waals surface area contributed by atoms with Crippen LogP contribution in [0.4, 0.5) is 0 Å². The third kappa shape index (κ3) is 4.19. The van der Waals surface area contributed by atoms with Gasteiger partial charge in [0.05, 0.1) is 11.3 Å². The van der Waals surface area contributed by atoms with Gasteiger partial charge in [0.15, 0.2) is 5.84 Å². The number of nitrogens with one attached hydrogen (secondary N) is 1. The predicted octanol–water partition coefficient (Wildman–Crippen LogP) is 4.65. The van der Waals surface area contributed by atoms with Gasteiger partial charge in [-0.15, -0.1) is 16.4 Å². The van der Waals surface area contributed by atoms with Crippen LogP contribution < -0.4 is 5.48 Å². The summed E-state index contributed by atoms with van der Waals surface area (Å²) >= 11 is 3.28. The number of aliphatic imine (C=N–C) groups is 1. The van der Waals surface area contributed by atoms with Gasteiger partial charge in [0.1, 0.15) is 22.7 Å². The van der Waals surface area contributed by atoms with Gasteiger partial charge in [0.2, 0.25) is 0 Å². The molecular formula is C21H23N5OS2. The summed E-state index contributed by atoms with van der Waals surface area (Å²) in [6.45, 7) is 10.7. The van der Waals surface area contributed by atoms with Crippen molar-refractivity contribution in [3.8, 4) is 0 Å². The van der Waals surface area contributed by atoms with Crippen LogP contribution in [0.1, 0.15) is 43.9 Å². The molecule has 0 saturated heterocycles. The lowest BCUT2D eigenvalue weighted by molar-refractivity contribution is 0.0620. The molecule has 0 radical (unpaired) electrons. The Bertz CT molecular complexity index is 1090. The number of aromatic nitrogens is 3. The third-order valence-corrected chi connectivity index (χ3v) is 6.75. The van der Waals surface area contributed by atoms with Gasteiger partial charge in [-0.2, -0.15) is 5.10 Å². The van der Waals surface area contributed by atoms with Crippen molar-refractivity contribution in [2.75, 3.05) is 6.61 Å². The molecule has 0 aliphatic carbocycles. The summed E-state index contributed by atoms with van der Waals surface area (Å²) in [6.07, 6.45) is 0. The molecule has 1 aliphatic heterocycles.